The van der Waals surface area contributed by atoms with Crippen molar-refractivity contribution in [2.75, 3.05) is 18.1 Å². The fourth-order valence-electron chi connectivity index (χ4n) is 1.43. The normalized spacial score (nSPS) is 14.9. The van der Waals surface area contributed by atoms with Crippen LogP contribution in [-0.2, 0) is 9.53 Å². The Hall–Kier alpha value is -2.30. The Balaban J connectivity index is 2.09. The molecule has 2 heterocycles. The molecule has 0 radical (unpaired) electrons. The summed E-state index contributed by atoms with van der Waals surface area (Å²) in [6, 6.07) is 3.67. The van der Waals surface area contributed by atoms with Crippen molar-refractivity contribution in [2.24, 2.45) is 0 Å². The highest BCUT2D eigenvalue weighted by molar-refractivity contribution is 5.85. The summed E-state index contributed by atoms with van der Waals surface area (Å²) < 4.78 is 5.08. The molecule has 0 aromatic carbocycles. The minimum absolute atomic E-state index is 0.638. The Morgan fingerprint density at radius 2 is 2.41 bits per heavy atom. The molecule has 88 valence electrons. The van der Waals surface area contributed by atoms with Gasteiger partial charge in [-0.1, -0.05) is 0 Å². The number of pyridine rings is 1. The topological polar surface area (TPSA) is 62.7 Å². The van der Waals surface area contributed by atoms with Crippen molar-refractivity contribution in [3.63, 3.8) is 0 Å². The van der Waals surface area contributed by atoms with E-state index >= 15 is 0 Å². The summed E-state index contributed by atoms with van der Waals surface area (Å²) in [6.45, 7) is 1.40. The molecule has 1 aromatic rings. The first kappa shape index (κ1) is 11.2. The molecule has 1 aromatic heterocycles. The van der Waals surface area contributed by atoms with E-state index in [0.29, 0.717) is 6.61 Å². The molecule has 1 aliphatic rings. The van der Waals surface area contributed by atoms with E-state index in [4.69, 9.17) is 9.84 Å². The second kappa shape index (κ2) is 5.16. The molecule has 1 N–H and O–H groups in total. The van der Waals surface area contributed by atoms with Crippen LogP contribution in [0.1, 0.15) is 5.56 Å². The van der Waals surface area contributed by atoms with E-state index in [1.807, 2.05) is 23.2 Å². The van der Waals surface area contributed by atoms with Crippen LogP contribution in [0.5, 0.6) is 0 Å². The number of nitrogens with zero attached hydrogens (tertiary/aromatic N) is 2. The maximum Gasteiger partial charge on any atom is 0.328 e. The minimum atomic E-state index is -0.967. The summed E-state index contributed by atoms with van der Waals surface area (Å²) in [5.74, 6) is -0.151. The van der Waals surface area contributed by atoms with Crippen molar-refractivity contribution in [1.29, 1.82) is 0 Å². The van der Waals surface area contributed by atoms with Crippen molar-refractivity contribution in [3.05, 3.63) is 42.4 Å². The van der Waals surface area contributed by atoms with Gasteiger partial charge in [-0.05, 0) is 23.8 Å². The van der Waals surface area contributed by atoms with Crippen LogP contribution in [0.25, 0.3) is 6.08 Å². The number of anilines is 1. The Morgan fingerprint density at radius 3 is 3.00 bits per heavy atom. The molecule has 0 atom stereocenters. The molecular formula is C12H12N2O3. The van der Waals surface area contributed by atoms with Gasteiger partial charge in [-0.2, -0.15) is 0 Å². The second-order valence-corrected chi connectivity index (χ2v) is 3.47. The van der Waals surface area contributed by atoms with Crippen LogP contribution < -0.4 is 4.90 Å². The summed E-state index contributed by atoms with van der Waals surface area (Å²) in [6.07, 6.45) is 7.68. The third-order valence-electron chi connectivity index (χ3n) is 2.27. The van der Waals surface area contributed by atoms with E-state index < -0.39 is 5.97 Å². The van der Waals surface area contributed by atoms with Crippen molar-refractivity contribution in [2.45, 2.75) is 0 Å². The zero-order valence-corrected chi connectivity index (χ0v) is 9.11. The highest BCUT2D eigenvalue weighted by atomic mass is 16.5. The average Bonchev–Trinajstić information content (AvgIpc) is 2.38. The van der Waals surface area contributed by atoms with Gasteiger partial charge in [0.1, 0.15) is 12.4 Å². The van der Waals surface area contributed by atoms with Gasteiger partial charge in [-0.25, -0.2) is 9.78 Å². The molecule has 2 rings (SSSR count). The molecule has 5 nitrogen and oxygen atoms in total. The van der Waals surface area contributed by atoms with Crippen LogP contribution in [0, 0.1) is 0 Å². The van der Waals surface area contributed by atoms with Crippen LogP contribution >= 0.6 is 0 Å². The minimum Gasteiger partial charge on any atom is -0.498 e. The van der Waals surface area contributed by atoms with Crippen molar-refractivity contribution in [1.82, 2.24) is 4.98 Å². The Morgan fingerprint density at radius 1 is 1.53 bits per heavy atom. The SMILES string of the molecule is O=C(O)/C=C/c1ccc(N2C=COCC2)nc1. The quantitative estimate of drug-likeness (QED) is 0.800. The number of hydrogen-bond donors (Lipinski definition) is 1. The van der Waals surface area contributed by atoms with Gasteiger partial charge in [-0.3, -0.25) is 0 Å². The van der Waals surface area contributed by atoms with Gasteiger partial charge in [0.05, 0.1) is 12.8 Å². The van der Waals surface area contributed by atoms with Crippen LogP contribution in [0.15, 0.2) is 36.9 Å². The smallest absolute Gasteiger partial charge is 0.328 e. The Labute approximate surface area is 98.6 Å². The fourth-order valence-corrected chi connectivity index (χ4v) is 1.43. The van der Waals surface area contributed by atoms with E-state index in [1.54, 1.807) is 12.5 Å². The molecule has 1 aliphatic heterocycles. The predicted octanol–water partition coefficient (Wildman–Crippen LogP) is 1.49. The first-order chi connectivity index (χ1) is 8.25. The van der Waals surface area contributed by atoms with E-state index in [1.165, 1.54) is 6.08 Å². The summed E-state index contributed by atoms with van der Waals surface area (Å²) in [5, 5.41) is 8.49. The molecule has 0 aliphatic carbocycles. The molecule has 5 heteroatoms. The van der Waals surface area contributed by atoms with Crippen molar-refractivity contribution in [3.8, 4) is 0 Å². The van der Waals surface area contributed by atoms with Gasteiger partial charge in [-0.15, -0.1) is 0 Å². The summed E-state index contributed by atoms with van der Waals surface area (Å²) in [5.41, 5.74) is 0.758. The maximum atomic E-state index is 10.3. The summed E-state index contributed by atoms with van der Waals surface area (Å²) in [7, 11) is 0. The van der Waals surface area contributed by atoms with Crippen molar-refractivity contribution < 1.29 is 14.6 Å². The summed E-state index contributed by atoms with van der Waals surface area (Å²) in [4.78, 5) is 16.6. The number of hydrogen-bond acceptors (Lipinski definition) is 4. The molecular weight excluding hydrogens is 220 g/mol. The largest absolute Gasteiger partial charge is 0.498 e. The average molecular weight is 232 g/mol. The van der Waals surface area contributed by atoms with Crippen LogP contribution in [-0.4, -0.2) is 29.2 Å². The van der Waals surface area contributed by atoms with Crippen LogP contribution in [0.4, 0.5) is 5.82 Å². The van der Waals surface area contributed by atoms with E-state index in [9.17, 15) is 4.79 Å². The number of carboxylic acid groups (broad SMARTS) is 1. The van der Waals surface area contributed by atoms with Crippen LogP contribution in [0.3, 0.4) is 0 Å². The highest BCUT2D eigenvalue weighted by Gasteiger charge is 2.07. The number of ether oxygens (including phenoxy) is 1. The first-order valence-corrected chi connectivity index (χ1v) is 5.18. The second-order valence-electron chi connectivity index (χ2n) is 3.47. The predicted molar refractivity (Wildman–Crippen MR) is 63.3 cm³/mol. The van der Waals surface area contributed by atoms with E-state index in [-0.39, 0.29) is 0 Å². The molecule has 0 amide bonds. The monoisotopic (exact) mass is 232 g/mol. The Kier molecular flexibility index (Phi) is 3.40. The van der Waals surface area contributed by atoms with Crippen LogP contribution in [0.2, 0.25) is 0 Å². The third kappa shape index (κ3) is 3.07. The maximum absolute atomic E-state index is 10.3. The van der Waals surface area contributed by atoms with Gasteiger partial charge in [0, 0.05) is 18.5 Å². The molecule has 0 spiro atoms. The number of aromatic nitrogens is 1. The summed E-state index contributed by atoms with van der Waals surface area (Å²) >= 11 is 0. The molecule has 0 unspecified atom stereocenters. The molecule has 17 heavy (non-hydrogen) atoms. The number of aliphatic carboxylic acids is 1. The zero-order valence-electron chi connectivity index (χ0n) is 9.11. The van der Waals surface area contributed by atoms with Gasteiger partial charge in [0.25, 0.3) is 0 Å². The van der Waals surface area contributed by atoms with Gasteiger partial charge >= 0.3 is 5.97 Å². The van der Waals surface area contributed by atoms with Gasteiger partial charge in [0.15, 0.2) is 0 Å². The van der Waals surface area contributed by atoms with Gasteiger partial charge in [0.2, 0.25) is 0 Å². The highest BCUT2D eigenvalue weighted by Crippen LogP contribution is 2.14. The van der Waals surface area contributed by atoms with E-state index in [2.05, 4.69) is 4.98 Å². The molecule has 0 saturated heterocycles. The lowest BCUT2D eigenvalue weighted by atomic mass is 10.2. The lowest BCUT2D eigenvalue weighted by Gasteiger charge is -2.22. The number of carboxylic acids is 1. The molecule has 0 saturated carbocycles. The zero-order chi connectivity index (χ0) is 12.1. The standard InChI is InChI=1S/C12H12N2O3/c15-12(16)4-2-10-1-3-11(13-9-10)14-5-7-17-8-6-14/h1-5,7,9H,6,8H2,(H,15,16)/b4-2+. The third-order valence-corrected chi connectivity index (χ3v) is 2.27. The molecule has 0 fully saturated rings. The lowest BCUT2D eigenvalue weighted by molar-refractivity contribution is -0.131. The van der Waals surface area contributed by atoms with Crippen molar-refractivity contribution >= 4 is 17.9 Å². The fraction of sp³-hybridized carbons (Fsp3) is 0.167. The van der Waals surface area contributed by atoms with Gasteiger partial charge < -0.3 is 14.7 Å². The van der Waals surface area contributed by atoms with E-state index in [0.717, 1.165) is 24.0 Å². The number of rotatable bonds is 3. The lowest BCUT2D eigenvalue weighted by Crippen LogP contribution is -2.25. The Bertz CT molecular complexity index is 451. The molecule has 0 bridgehead atoms. The first-order valence-electron chi connectivity index (χ1n) is 5.18. The number of carbonyl (C=O) groups is 1.